The zero-order chi connectivity index (χ0) is 10.2. The Morgan fingerprint density at radius 3 is 2.57 bits per heavy atom. The van der Waals surface area contributed by atoms with Crippen LogP contribution in [0, 0.1) is 11.8 Å². The summed E-state index contributed by atoms with van der Waals surface area (Å²) in [6.07, 6.45) is 2.22. The summed E-state index contributed by atoms with van der Waals surface area (Å²) >= 11 is 0. The molecule has 0 aliphatic carbocycles. The average Bonchev–Trinajstić information content (AvgIpc) is 2.25. The number of carbonyl (C=O) groups is 1. The molecule has 0 aliphatic heterocycles. The summed E-state index contributed by atoms with van der Waals surface area (Å²) in [4.78, 5) is 10.4. The maximum atomic E-state index is 10.4. The van der Waals surface area contributed by atoms with Crippen molar-refractivity contribution in [3.63, 3.8) is 0 Å². The number of hydrogen-bond donors (Lipinski definition) is 1. The van der Waals surface area contributed by atoms with Crippen LogP contribution in [0.3, 0.4) is 0 Å². The van der Waals surface area contributed by atoms with Crippen LogP contribution in [-0.4, -0.2) is 18.0 Å². The first kappa shape index (κ1) is 10.5. The van der Waals surface area contributed by atoms with Gasteiger partial charge < -0.3 is 5.11 Å². The number of aliphatic hydroxyl groups excluding tert-OH is 1. The fourth-order valence-electron chi connectivity index (χ4n) is 0.977. The highest BCUT2D eigenvalue weighted by Crippen LogP contribution is 2.00. The monoisotopic (exact) mass is 188 g/mol. The lowest BCUT2D eigenvalue weighted by atomic mass is 10.1. The number of rotatable bonds is 3. The number of carbonyl (C=O) groups excluding carboxylic acids is 1. The van der Waals surface area contributed by atoms with E-state index in [1.165, 1.54) is 0 Å². The van der Waals surface area contributed by atoms with Gasteiger partial charge in [0.2, 0.25) is 0 Å². The first-order chi connectivity index (χ1) is 6.86. The second-order valence-electron chi connectivity index (χ2n) is 2.87. The summed E-state index contributed by atoms with van der Waals surface area (Å²) < 4.78 is 0. The van der Waals surface area contributed by atoms with Gasteiger partial charge in [0.05, 0.1) is 0 Å². The molecule has 0 spiro atoms. The summed E-state index contributed by atoms with van der Waals surface area (Å²) in [6, 6.07) is 7.11. The Kier molecular flexibility index (Phi) is 4.46. The maximum absolute atomic E-state index is 10.4. The second-order valence-corrected chi connectivity index (χ2v) is 2.87. The SMILES string of the molecule is O=Cc1ccc(C#CCCCO)cc1. The summed E-state index contributed by atoms with van der Waals surface area (Å²) in [7, 11) is 0. The molecule has 1 aromatic carbocycles. The van der Waals surface area contributed by atoms with E-state index >= 15 is 0 Å². The molecular formula is C12H12O2. The van der Waals surface area contributed by atoms with Crippen molar-refractivity contribution in [3.05, 3.63) is 35.4 Å². The predicted octanol–water partition coefficient (Wildman–Crippen LogP) is 1.62. The van der Waals surface area contributed by atoms with Gasteiger partial charge in [-0.15, -0.1) is 0 Å². The molecule has 2 nitrogen and oxygen atoms in total. The first-order valence-electron chi connectivity index (χ1n) is 4.52. The van der Waals surface area contributed by atoms with E-state index in [-0.39, 0.29) is 6.61 Å². The molecule has 0 saturated carbocycles. The van der Waals surface area contributed by atoms with Gasteiger partial charge >= 0.3 is 0 Å². The van der Waals surface area contributed by atoms with Gasteiger partial charge in [-0.2, -0.15) is 0 Å². The quantitative estimate of drug-likeness (QED) is 0.444. The van der Waals surface area contributed by atoms with Gasteiger partial charge in [0, 0.05) is 24.2 Å². The van der Waals surface area contributed by atoms with Crippen molar-refractivity contribution < 1.29 is 9.90 Å². The standard InChI is InChI=1S/C12H12O2/c13-9-3-1-2-4-11-5-7-12(10-14)8-6-11/h5-8,10,13H,1,3,9H2. The van der Waals surface area contributed by atoms with Crippen LogP contribution in [-0.2, 0) is 0 Å². The van der Waals surface area contributed by atoms with Gasteiger partial charge in [-0.1, -0.05) is 24.0 Å². The van der Waals surface area contributed by atoms with E-state index in [0.717, 1.165) is 11.8 Å². The number of benzene rings is 1. The minimum absolute atomic E-state index is 0.179. The lowest BCUT2D eigenvalue weighted by Crippen LogP contribution is -1.81. The Balaban J connectivity index is 2.57. The van der Waals surface area contributed by atoms with Crippen LogP contribution in [0.25, 0.3) is 0 Å². The van der Waals surface area contributed by atoms with Crippen LogP contribution < -0.4 is 0 Å². The van der Waals surface area contributed by atoms with Gasteiger partial charge in [-0.3, -0.25) is 4.79 Å². The van der Waals surface area contributed by atoms with Crippen molar-refractivity contribution >= 4 is 6.29 Å². The molecule has 1 rings (SSSR count). The summed E-state index contributed by atoms with van der Waals surface area (Å²) in [6.45, 7) is 0.179. The third-order valence-electron chi connectivity index (χ3n) is 1.74. The molecule has 0 heterocycles. The fourth-order valence-corrected chi connectivity index (χ4v) is 0.977. The van der Waals surface area contributed by atoms with Crippen molar-refractivity contribution in [2.75, 3.05) is 6.61 Å². The van der Waals surface area contributed by atoms with E-state index in [1.54, 1.807) is 12.1 Å². The fraction of sp³-hybridized carbons (Fsp3) is 0.250. The Hall–Kier alpha value is -1.59. The third kappa shape index (κ3) is 3.42. The molecule has 2 heteroatoms. The molecule has 0 bridgehead atoms. The Morgan fingerprint density at radius 1 is 1.29 bits per heavy atom. The Bertz CT molecular complexity index is 341. The predicted molar refractivity (Wildman–Crippen MR) is 55.0 cm³/mol. The number of aliphatic hydroxyl groups is 1. The van der Waals surface area contributed by atoms with E-state index in [9.17, 15) is 4.79 Å². The normalized spacial score (nSPS) is 8.93. The van der Waals surface area contributed by atoms with Crippen LogP contribution in [0.5, 0.6) is 0 Å². The highest BCUT2D eigenvalue weighted by atomic mass is 16.2. The smallest absolute Gasteiger partial charge is 0.150 e. The Labute approximate surface area is 83.6 Å². The molecule has 0 saturated heterocycles. The van der Waals surface area contributed by atoms with Gasteiger partial charge in [-0.25, -0.2) is 0 Å². The molecule has 0 aromatic heterocycles. The number of unbranched alkanes of at least 4 members (excludes halogenated alkanes) is 1. The second kappa shape index (κ2) is 5.95. The number of hydrogen-bond acceptors (Lipinski definition) is 2. The third-order valence-corrected chi connectivity index (χ3v) is 1.74. The van der Waals surface area contributed by atoms with Gasteiger partial charge in [0.15, 0.2) is 0 Å². The molecule has 0 fully saturated rings. The van der Waals surface area contributed by atoms with Crippen LogP contribution in [0.1, 0.15) is 28.8 Å². The lowest BCUT2D eigenvalue weighted by Gasteiger charge is -1.90. The lowest BCUT2D eigenvalue weighted by molar-refractivity contribution is 0.112. The Morgan fingerprint density at radius 2 is 2.00 bits per heavy atom. The molecule has 0 aliphatic rings. The topological polar surface area (TPSA) is 37.3 Å². The maximum Gasteiger partial charge on any atom is 0.150 e. The molecule has 14 heavy (non-hydrogen) atoms. The van der Waals surface area contributed by atoms with Crippen LogP contribution in [0.4, 0.5) is 0 Å². The molecule has 0 unspecified atom stereocenters. The molecular weight excluding hydrogens is 176 g/mol. The van der Waals surface area contributed by atoms with E-state index in [2.05, 4.69) is 11.8 Å². The largest absolute Gasteiger partial charge is 0.396 e. The van der Waals surface area contributed by atoms with Crippen LogP contribution in [0.2, 0.25) is 0 Å². The van der Waals surface area contributed by atoms with Crippen molar-refractivity contribution in [1.82, 2.24) is 0 Å². The molecule has 0 radical (unpaired) electrons. The van der Waals surface area contributed by atoms with E-state index in [0.29, 0.717) is 18.4 Å². The van der Waals surface area contributed by atoms with Crippen LogP contribution >= 0.6 is 0 Å². The average molecular weight is 188 g/mol. The zero-order valence-electron chi connectivity index (χ0n) is 7.86. The van der Waals surface area contributed by atoms with E-state index in [1.807, 2.05) is 12.1 Å². The van der Waals surface area contributed by atoms with Crippen molar-refractivity contribution in [1.29, 1.82) is 0 Å². The van der Waals surface area contributed by atoms with Gasteiger partial charge in [0.1, 0.15) is 6.29 Å². The molecule has 0 amide bonds. The van der Waals surface area contributed by atoms with Crippen molar-refractivity contribution in [3.8, 4) is 11.8 Å². The minimum atomic E-state index is 0.179. The molecule has 72 valence electrons. The van der Waals surface area contributed by atoms with E-state index in [4.69, 9.17) is 5.11 Å². The van der Waals surface area contributed by atoms with E-state index < -0.39 is 0 Å². The number of aldehydes is 1. The van der Waals surface area contributed by atoms with Crippen molar-refractivity contribution in [2.24, 2.45) is 0 Å². The summed E-state index contributed by atoms with van der Waals surface area (Å²) in [5, 5.41) is 8.53. The molecule has 1 N–H and O–H groups in total. The summed E-state index contributed by atoms with van der Waals surface area (Å²) in [5.74, 6) is 5.90. The highest BCUT2D eigenvalue weighted by molar-refractivity contribution is 5.74. The van der Waals surface area contributed by atoms with Gasteiger partial charge in [-0.05, 0) is 18.6 Å². The van der Waals surface area contributed by atoms with Gasteiger partial charge in [0.25, 0.3) is 0 Å². The summed E-state index contributed by atoms with van der Waals surface area (Å²) in [5.41, 5.74) is 1.56. The first-order valence-corrected chi connectivity index (χ1v) is 4.52. The van der Waals surface area contributed by atoms with Crippen LogP contribution in [0.15, 0.2) is 24.3 Å². The zero-order valence-corrected chi connectivity index (χ0v) is 7.86. The minimum Gasteiger partial charge on any atom is -0.396 e. The molecule has 1 aromatic rings. The van der Waals surface area contributed by atoms with Crippen molar-refractivity contribution in [2.45, 2.75) is 12.8 Å². The highest BCUT2D eigenvalue weighted by Gasteiger charge is 1.88. The molecule has 0 atom stereocenters.